The molecule has 1 fully saturated rings. The van der Waals surface area contributed by atoms with Crippen molar-refractivity contribution < 1.29 is 5.11 Å². The SMILES string of the molecule is C[Se]c1ccc(-c2nnc(NC3CCCN(C)C3)cc2C)c(O)c1. The molecule has 0 radical (unpaired) electrons. The van der Waals surface area contributed by atoms with Gasteiger partial charge in [0.2, 0.25) is 0 Å². The Bertz CT molecular complexity index is 722. The molecule has 1 aliphatic heterocycles. The number of benzene rings is 1. The van der Waals surface area contributed by atoms with E-state index in [0.29, 0.717) is 21.0 Å². The summed E-state index contributed by atoms with van der Waals surface area (Å²) in [4.78, 5) is 2.34. The van der Waals surface area contributed by atoms with E-state index in [1.807, 2.05) is 25.1 Å². The molecule has 5 nitrogen and oxygen atoms in total. The summed E-state index contributed by atoms with van der Waals surface area (Å²) in [5.74, 6) is 3.23. The number of aromatic hydroxyl groups is 1. The van der Waals surface area contributed by atoms with Gasteiger partial charge in [-0.15, -0.1) is 0 Å². The third-order valence-electron chi connectivity index (χ3n) is 4.42. The zero-order valence-electron chi connectivity index (χ0n) is 14.4. The first-order valence-electron chi connectivity index (χ1n) is 8.23. The second-order valence-electron chi connectivity index (χ2n) is 6.39. The quantitative estimate of drug-likeness (QED) is 0.782. The first-order valence-corrected chi connectivity index (χ1v) is 10.8. The number of piperidine rings is 1. The first kappa shape index (κ1) is 17.2. The molecule has 2 aromatic rings. The van der Waals surface area contributed by atoms with Gasteiger partial charge in [0.25, 0.3) is 0 Å². The van der Waals surface area contributed by atoms with Crippen LogP contribution in [0, 0.1) is 6.92 Å². The van der Waals surface area contributed by atoms with Crippen molar-refractivity contribution in [2.24, 2.45) is 0 Å². The molecule has 24 heavy (non-hydrogen) atoms. The number of aryl methyl sites for hydroxylation is 1. The predicted octanol–water partition coefficient (Wildman–Crippen LogP) is 2.04. The molecule has 0 spiro atoms. The van der Waals surface area contributed by atoms with Crippen molar-refractivity contribution in [2.75, 3.05) is 25.5 Å². The molecule has 0 saturated carbocycles. The van der Waals surface area contributed by atoms with Crippen molar-refractivity contribution in [1.29, 1.82) is 0 Å². The fraction of sp³-hybridized carbons (Fsp3) is 0.444. The molecule has 1 aromatic carbocycles. The predicted molar refractivity (Wildman–Crippen MR) is 99.3 cm³/mol. The zero-order valence-corrected chi connectivity index (χ0v) is 16.1. The molecule has 6 heteroatoms. The van der Waals surface area contributed by atoms with Crippen molar-refractivity contribution in [3.05, 3.63) is 29.8 Å². The van der Waals surface area contributed by atoms with Gasteiger partial charge in [-0.3, -0.25) is 0 Å². The second kappa shape index (κ2) is 7.51. The van der Waals surface area contributed by atoms with Gasteiger partial charge in [0, 0.05) is 0 Å². The van der Waals surface area contributed by atoms with Crippen molar-refractivity contribution in [1.82, 2.24) is 15.1 Å². The van der Waals surface area contributed by atoms with E-state index >= 15 is 0 Å². The van der Waals surface area contributed by atoms with Crippen LogP contribution in [0.25, 0.3) is 11.3 Å². The van der Waals surface area contributed by atoms with Crippen LogP contribution in [-0.2, 0) is 0 Å². The van der Waals surface area contributed by atoms with Crippen LogP contribution < -0.4 is 9.78 Å². The summed E-state index contributed by atoms with van der Waals surface area (Å²) >= 11 is 0.373. The monoisotopic (exact) mass is 392 g/mol. The van der Waals surface area contributed by atoms with Gasteiger partial charge in [0.05, 0.1) is 0 Å². The normalized spacial score (nSPS) is 18.5. The van der Waals surface area contributed by atoms with E-state index in [2.05, 4.69) is 39.4 Å². The number of anilines is 1. The van der Waals surface area contributed by atoms with E-state index in [4.69, 9.17) is 0 Å². The van der Waals surface area contributed by atoms with E-state index in [0.717, 1.165) is 42.1 Å². The Kier molecular flexibility index (Phi) is 5.39. The van der Waals surface area contributed by atoms with Crippen LogP contribution in [0.5, 0.6) is 5.75 Å². The molecule has 1 atom stereocenters. The fourth-order valence-electron chi connectivity index (χ4n) is 3.15. The molecule has 1 saturated heterocycles. The van der Waals surface area contributed by atoms with Gasteiger partial charge in [-0.25, -0.2) is 0 Å². The number of likely N-dealkylation sites (tertiary alicyclic amines) is 1. The third-order valence-corrected chi connectivity index (χ3v) is 5.94. The van der Waals surface area contributed by atoms with E-state index in [9.17, 15) is 5.11 Å². The summed E-state index contributed by atoms with van der Waals surface area (Å²) in [6, 6.07) is 8.27. The van der Waals surface area contributed by atoms with Crippen LogP contribution in [0.15, 0.2) is 24.3 Å². The van der Waals surface area contributed by atoms with Crippen LogP contribution >= 0.6 is 0 Å². The van der Waals surface area contributed by atoms with Crippen molar-refractivity contribution in [2.45, 2.75) is 31.6 Å². The van der Waals surface area contributed by atoms with E-state index in [-0.39, 0.29) is 5.75 Å². The summed E-state index contributed by atoms with van der Waals surface area (Å²) in [6.07, 6.45) is 2.37. The molecule has 128 valence electrons. The van der Waals surface area contributed by atoms with Crippen LogP contribution in [0.1, 0.15) is 18.4 Å². The standard InChI is InChI=1S/C18H24N4OSe/c1-12-9-17(19-13-5-4-8-22(2)11-13)20-21-18(12)15-7-6-14(24-3)10-16(15)23/h6-7,9-10,13,23H,4-5,8,11H2,1-3H3,(H,19,20). The van der Waals surface area contributed by atoms with Crippen molar-refractivity contribution in [3.8, 4) is 17.0 Å². The molecule has 1 unspecified atom stereocenters. The first-order chi connectivity index (χ1) is 11.6. The average Bonchev–Trinajstić information content (AvgIpc) is 2.55. The number of phenols is 1. The molecule has 3 rings (SSSR count). The summed E-state index contributed by atoms with van der Waals surface area (Å²) in [5.41, 5.74) is 2.51. The molecule has 2 N–H and O–H groups in total. The van der Waals surface area contributed by atoms with Crippen LogP contribution in [0.3, 0.4) is 0 Å². The molecule has 0 bridgehead atoms. The van der Waals surface area contributed by atoms with Gasteiger partial charge in [0.1, 0.15) is 0 Å². The molecule has 0 aliphatic carbocycles. The topological polar surface area (TPSA) is 61.3 Å². The van der Waals surface area contributed by atoms with Gasteiger partial charge in [0.15, 0.2) is 0 Å². The Morgan fingerprint density at radius 3 is 2.79 bits per heavy atom. The van der Waals surface area contributed by atoms with Crippen molar-refractivity contribution in [3.63, 3.8) is 0 Å². The Morgan fingerprint density at radius 2 is 2.12 bits per heavy atom. The number of rotatable bonds is 4. The summed E-state index contributed by atoms with van der Waals surface area (Å²) in [6.45, 7) is 4.21. The average molecular weight is 391 g/mol. The third kappa shape index (κ3) is 3.89. The number of hydrogen-bond donors (Lipinski definition) is 2. The minimum absolute atomic E-state index is 0.281. The van der Waals surface area contributed by atoms with Crippen molar-refractivity contribution >= 4 is 25.2 Å². The number of nitrogens with one attached hydrogen (secondary N) is 1. The molecular weight excluding hydrogens is 367 g/mol. The van der Waals surface area contributed by atoms with Gasteiger partial charge >= 0.3 is 136 Å². The van der Waals surface area contributed by atoms with Gasteiger partial charge in [-0.1, -0.05) is 0 Å². The van der Waals surface area contributed by atoms with Crippen LogP contribution in [-0.4, -0.2) is 61.3 Å². The van der Waals surface area contributed by atoms with Crippen LogP contribution in [0.2, 0.25) is 5.82 Å². The number of phenolic OH excluding ortho intramolecular Hbond substituents is 1. The number of aromatic nitrogens is 2. The van der Waals surface area contributed by atoms with Gasteiger partial charge in [-0.2, -0.15) is 0 Å². The molecule has 1 aliphatic rings. The number of hydrogen-bond acceptors (Lipinski definition) is 5. The van der Waals surface area contributed by atoms with E-state index < -0.39 is 0 Å². The Balaban J connectivity index is 1.79. The minimum atomic E-state index is 0.281. The Labute approximate surface area is 149 Å². The van der Waals surface area contributed by atoms with Gasteiger partial charge in [-0.05, 0) is 13.6 Å². The Hall–Kier alpha value is -1.62. The number of likely N-dealkylation sites (N-methyl/N-ethyl adjacent to an activating group) is 1. The zero-order chi connectivity index (χ0) is 17.1. The Morgan fingerprint density at radius 1 is 1.29 bits per heavy atom. The molecule has 2 heterocycles. The molecule has 0 amide bonds. The maximum absolute atomic E-state index is 10.3. The summed E-state index contributed by atoms with van der Waals surface area (Å²) in [7, 11) is 2.15. The maximum atomic E-state index is 10.3. The van der Waals surface area contributed by atoms with E-state index in [1.54, 1.807) is 0 Å². The number of nitrogens with zero attached hydrogens (tertiary/aromatic N) is 3. The van der Waals surface area contributed by atoms with Gasteiger partial charge < -0.3 is 0 Å². The molecular formula is C18H24N4OSe. The second-order valence-corrected chi connectivity index (χ2v) is 8.24. The van der Waals surface area contributed by atoms with Crippen LogP contribution in [0.4, 0.5) is 5.82 Å². The molecule has 1 aromatic heterocycles. The summed E-state index contributed by atoms with van der Waals surface area (Å²) < 4.78 is 1.18. The fourth-order valence-corrected chi connectivity index (χ4v) is 4.06. The summed E-state index contributed by atoms with van der Waals surface area (Å²) in [5, 5.41) is 22.5. The van der Waals surface area contributed by atoms with E-state index in [1.165, 1.54) is 10.9 Å².